The Labute approximate surface area is 128 Å². The molecule has 3 atom stereocenters. The fourth-order valence-electron chi connectivity index (χ4n) is 2.99. The molecule has 3 rings (SSSR count). The van der Waals surface area contributed by atoms with Crippen LogP contribution in [-0.4, -0.2) is 37.5 Å². The summed E-state index contributed by atoms with van der Waals surface area (Å²) >= 11 is 0. The molecule has 22 heavy (non-hydrogen) atoms. The number of rotatable bonds is 4. The van der Waals surface area contributed by atoms with Gasteiger partial charge in [-0.3, -0.25) is 0 Å². The van der Waals surface area contributed by atoms with Gasteiger partial charge in [0.05, 0.1) is 11.7 Å². The zero-order valence-corrected chi connectivity index (χ0v) is 12.3. The van der Waals surface area contributed by atoms with Crippen molar-refractivity contribution in [3.05, 3.63) is 36.0 Å². The van der Waals surface area contributed by atoms with Crippen LogP contribution in [0.5, 0.6) is 0 Å². The lowest BCUT2D eigenvalue weighted by molar-refractivity contribution is 0.137. The van der Waals surface area contributed by atoms with Crippen LogP contribution in [0.25, 0.3) is 0 Å². The summed E-state index contributed by atoms with van der Waals surface area (Å²) in [5.74, 6) is 2.04. The molecule has 114 valence electrons. The molecule has 7 nitrogen and oxygen atoms in total. The van der Waals surface area contributed by atoms with E-state index in [1.54, 1.807) is 18.5 Å². The summed E-state index contributed by atoms with van der Waals surface area (Å²) in [6, 6.07) is 5.54. The van der Waals surface area contributed by atoms with Crippen LogP contribution in [0.2, 0.25) is 0 Å². The molecule has 0 aromatic carbocycles. The largest absolute Gasteiger partial charge is 0.393 e. The van der Waals surface area contributed by atoms with Crippen molar-refractivity contribution < 1.29 is 5.11 Å². The summed E-state index contributed by atoms with van der Waals surface area (Å²) in [6.45, 7) is 0.647. The monoisotopic (exact) mass is 298 g/mol. The van der Waals surface area contributed by atoms with Crippen molar-refractivity contribution in [1.82, 2.24) is 19.7 Å². The molecule has 1 aliphatic rings. The van der Waals surface area contributed by atoms with E-state index in [9.17, 15) is 5.11 Å². The number of aliphatic hydroxyl groups is 1. The highest BCUT2D eigenvalue weighted by molar-refractivity contribution is 5.39. The van der Waals surface area contributed by atoms with Gasteiger partial charge in [-0.1, -0.05) is 0 Å². The minimum atomic E-state index is -0.354. The van der Waals surface area contributed by atoms with Gasteiger partial charge in [0.25, 0.3) is 0 Å². The minimum Gasteiger partial charge on any atom is -0.393 e. The molecule has 0 saturated heterocycles. The molecule has 2 heterocycles. The summed E-state index contributed by atoms with van der Waals surface area (Å²) < 4.78 is 1.91. The number of nitrogens with zero attached hydrogens (tertiary/aromatic N) is 5. The van der Waals surface area contributed by atoms with Gasteiger partial charge >= 0.3 is 0 Å². The number of nitrogens with one attached hydrogen (secondary N) is 1. The van der Waals surface area contributed by atoms with Gasteiger partial charge < -0.3 is 15.0 Å². The molecule has 0 spiro atoms. The SMILES string of the molecule is Cn1cnnc1[C@H]1C[C@H](CNc2ccc(C#N)cn2)[C@H](O)C1. The third-order valence-corrected chi connectivity index (χ3v) is 4.21. The maximum atomic E-state index is 10.2. The summed E-state index contributed by atoms with van der Waals surface area (Å²) in [6.07, 6.45) is 4.45. The first-order valence-corrected chi connectivity index (χ1v) is 7.29. The second-order valence-corrected chi connectivity index (χ2v) is 5.72. The van der Waals surface area contributed by atoms with Crippen LogP contribution in [-0.2, 0) is 7.05 Å². The Kier molecular flexibility index (Phi) is 4.02. The van der Waals surface area contributed by atoms with Gasteiger partial charge in [0.1, 0.15) is 24.0 Å². The normalized spacial score (nSPS) is 24.1. The number of pyridine rings is 1. The van der Waals surface area contributed by atoms with E-state index in [1.165, 1.54) is 6.20 Å². The van der Waals surface area contributed by atoms with Gasteiger partial charge in [-0.2, -0.15) is 5.26 Å². The maximum absolute atomic E-state index is 10.2. The predicted octanol–water partition coefficient (Wildman–Crippen LogP) is 1.05. The van der Waals surface area contributed by atoms with E-state index in [1.807, 2.05) is 17.7 Å². The second-order valence-electron chi connectivity index (χ2n) is 5.72. The van der Waals surface area contributed by atoms with Crippen molar-refractivity contribution in [2.24, 2.45) is 13.0 Å². The fraction of sp³-hybridized carbons (Fsp3) is 0.467. The highest BCUT2D eigenvalue weighted by atomic mass is 16.3. The van der Waals surface area contributed by atoms with E-state index in [-0.39, 0.29) is 17.9 Å². The molecular formula is C15H18N6O. The van der Waals surface area contributed by atoms with Crippen molar-refractivity contribution in [3.63, 3.8) is 0 Å². The molecule has 2 N–H and O–H groups in total. The van der Waals surface area contributed by atoms with Crippen LogP contribution in [0.1, 0.15) is 30.1 Å². The van der Waals surface area contributed by atoms with Crippen molar-refractivity contribution in [2.75, 3.05) is 11.9 Å². The molecule has 1 aliphatic carbocycles. The lowest BCUT2D eigenvalue weighted by atomic mass is 10.0. The van der Waals surface area contributed by atoms with Gasteiger partial charge in [0.15, 0.2) is 0 Å². The Morgan fingerprint density at radius 1 is 1.45 bits per heavy atom. The number of nitriles is 1. The Morgan fingerprint density at radius 2 is 2.32 bits per heavy atom. The van der Waals surface area contributed by atoms with E-state index >= 15 is 0 Å². The summed E-state index contributed by atoms with van der Waals surface area (Å²) in [7, 11) is 1.92. The quantitative estimate of drug-likeness (QED) is 0.875. The number of anilines is 1. The Morgan fingerprint density at radius 3 is 2.95 bits per heavy atom. The van der Waals surface area contributed by atoms with Crippen LogP contribution >= 0.6 is 0 Å². The molecule has 0 bridgehead atoms. The first-order valence-electron chi connectivity index (χ1n) is 7.29. The third-order valence-electron chi connectivity index (χ3n) is 4.21. The average molecular weight is 298 g/mol. The van der Waals surface area contributed by atoms with E-state index in [0.717, 1.165) is 12.2 Å². The van der Waals surface area contributed by atoms with E-state index in [4.69, 9.17) is 5.26 Å². The van der Waals surface area contributed by atoms with Gasteiger partial charge in [0.2, 0.25) is 0 Å². The van der Waals surface area contributed by atoms with Crippen molar-refractivity contribution >= 4 is 5.82 Å². The highest BCUT2D eigenvalue weighted by Crippen LogP contribution is 2.37. The number of aliphatic hydroxyl groups excluding tert-OH is 1. The molecule has 1 saturated carbocycles. The number of hydrogen-bond donors (Lipinski definition) is 2. The number of aromatic nitrogens is 4. The molecular weight excluding hydrogens is 280 g/mol. The lowest BCUT2D eigenvalue weighted by Crippen LogP contribution is -2.22. The average Bonchev–Trinajstić information content (AvgIpc) is 3.11. The maximum Gasteiger partial charge on any atom is 0.135 e. The molecule has 0 unspecified atom stereocenters. The van der Waals surface area contributed by atoms with E-state index in [2.05, 4.69) is 20.5 Å². The van der Waals surface area contributed by atoms with Crippen LogP contribution in [0.3, 0.4) is 0 Å². The number of aryl methyl sites for hydroxylation is 1. The number of hydrogen-bond acceptors (Lipinski definition) is 6. The summed E-state index contributed by atoms with van der Waals surface area (Å²) in [5, 5.41) is 30.3. The molecule has 0 aliphatic heterocycles. The standard InChI is InChI=1S/C15H18N6O/c1-21-9-19-20-15(21)11-4-12(13(22)5-11)8-18-14-3-2-10(6-16)7-17-14/h2-3,7,9,11-13,22H,4-5,8H2,1H3,(H,17,18)/t11-,12+,13+/m0/s1. The predicted molar refractivity (Wildman–Crippen MR) is 79.9 cm³/mol. The topological polar surface area (TPSA) is 99.7 Å². The second kappa shape index (κ2) is 6.12. The third kappa shape index (κ3) is 2.92. The Hall–Kier alpha value is -2.46. The van der Waals surface area contributed by atoms with Gasteiger partial charge in [0, 0.05) is 31.6 Å². The first kappa shape index (κ1) is 14.5. The summed E-state index contributed by atoms with van der Waals surface area (Å²) in [4.78, 5) is 4.18. The van der Waals surface area contributed by atoms with E-state index < -0.39 is 0 Å². The molecule has 2 aromatic heterocycles. The van der Waals surface area contributed by atoms with Crippen LogP contribution < -0.4 is 5.32 Å². The van der Waals surface area contributed by atoms with Crippen molar-refractivity contribution in [1.29, 1.82) is 5.26 Å². The Balaban J connectivity index is 1.59. The summed E-state index contributed by atoms with van der Waals surface area (Å²) in [5.41, 5.74) is 0.536. The molecule has 0 amide bonds. The van der Waals surface area contributed by atoms with E-state index in [0.29, 0.717) is 24.3 Å². The molecule has 0 radical (unpaired) electrons. The molecule has 2 aromatic rings. The van der Waals surface area contributed by atoms with Gasteiger partial charge in [-0.05, 0) is 25.0 Å². The minimum absolute atomic E-state index is 0.152. The Bertz CT molecular complexity index is 674. The lowest BCUT2D eigenvalue weighted by Gasteiger charge is -2.15. The zero-order chi connectivity index (χ0) is 15.5. The van der Waals surface area contributed by atoms with Crippen LogP contribution in [0.15, 0.2) is 24.7 Å². The smallest absolute Gasteiger partial charge is 0.135 e. The first-order chi connectivity index (χ1) is 10.7. The highest BCUT2D eigenvalue weighted by Gasteiger charge is 2.35. The fourth-order valence-corrected chi connectivity index (χ4v) is 2.99. The van der Waals surface area contributed by atoms with Crippen molar-refractivity contribution in [3.8, 4) is 6.07 Å². The van der Waals surface area contributed by atoms with Crippen LogP contribution in [0, 0.1) is 17.2 Å². The van der Waals surface area contributed by atoms with Gasteiger partial charge in [-0.25, -0.2) is 4.98 Å². The molecule has 1 fully saturated rings. The zero-order valence-electron chi connectivity index (χ0n) is 12.3. The van der Waals surface area contributed by atoms with Crippen LogP contribution in [0.4, 0.5) is 5.82 Å². The van der Waals surface area contributed by atoms with Crippen molar-refractivity contribution in [2.45, 2.75) is 24.9 Å². The molecule has 7 heteroatoms. The van der Waals surface area contributed by atoms with Gasteiger partial charge in [-0.15, -0.1) is 10.2 Å².